The van der Waals surface area contributed by atoms with E-state index in [1.165, 1.54) is 210 Å². The lowest BCUT2D eigenvalue weighted by molar-refractivity contribution is 1.22. The van der Waals surface area contributed by atoms with Crippen molar-refractivity contribution in [2.75, 3.05) is 19.2 Å². The van der Waals surface area contributed by atoms with Crippen LogP contribution in [-0.2, 0) is 0 Å². The Labute approximate surface area is 696 Å². The van der Waals surface area contributed by atoms with Crippen molar-refractivity contribution >= 4 is 160 Å². The second kappa shape index (κ2) is 27.1. The Hall–Kier alpha value is -15.4. The molecule has 0 fully saturated rings. The zero-order valence-electron chi connectivity index (χ0n) is 65.1. The molecule has 4 aromatic heterocycles. The summed E-state index contributed by atoms with van der Waals surface area (Å²) in [6, 6.07) is 137. The van der Waals surface area contributed by atoms with Crippen molar-refractivity contribution in [2.45, 2.75) is 0 Å². The summed E-state index contributed by atoms with van der Waals surface area (Å²) in [6.45, 7) is 0.517. The minimum Gasteiger partial charge on any atom is -0.376 e. The van der Waals surface area contributed by atoms with Crippen molar-refractivity contribution in [3.8, 4) is 89.1 Å². The zero-order valence-corrected chi connectivity index (χ0v) is 65.1. The summed E-state index contributed by atoms with van der Waals surface area (Å²) in [5, 5.41) is 10.3. The first-order chi connectivity index (χ1) is 59.6. The van der Waals surface area contributed by atoms with Gasteiger partial charge in [0.1, 0.15) is 5.82 Å². The topological polar surface area (TPSA) is 64.5 Å². The van der Waals surface area contributed by atoms with Gasteiger partial charge in [-0.15, -0.1) is 0 Å². The van der Waals surface area contributed by atoms with E-state index in [9.17, 15) is 0 Å². The SMILES string of the molecule is c1ccc2c(c1)B1c3cc4ccccc4cc3-c3ccccc3N1c1cccnc1-2.c1ccc2c(c1)B1c3cc4ccccc4cc3-c3ccccc3N1c1ccncc1-2.c1ccc2c(c1)B1c3cc4ccccc4cc3-c3ccccc3N1c1cnccc1-2.c1ccc2c(c1)B1c3cc4ccccc4cc3-c3ccccc3N1c1ncccc1-2. The normalized spacial score (nSPS) is 13.2. The molecule has 0 N–H and O–H groups in total. The Balaban J connectivity index is 0.0000000886. The minimum absolute atomic E-state index is 0.109. The van der Waals surface area contributed by atoms with Crippen LogP contribution in [-0.4, -0.2) is 47.3 Å². The lowest BCUT2D eigenvalue weighted by Crippen LogP contribution is -2.59. The Bertz CT molecular complexity index is 6800. The second-order valence-electron chi connectivity index (χ2n) is 32.2. The standard InChI is InChI=1S/4C27H17BN2/c1-2-9-19-17-24-22(16-18(19)8-1)20-10-4-6-13-25(20)30-26-14-7-15-29-27(26)21-11-3-5-12-23(21)28(24)30;1-2-9-19-17-25-23(16-18(19)8-1)21-11-4-6-14-26(21)30-27-22(12-7-15-29-27)20-10-3-5-13-24(20)28(25)30;1-2-8-19-16-25-22(15-18(19)7-1)21-10-4-6-12-26(21)30-27-13-14-29-17-23(27)20-9-3-5-11-24(20)28(25)30;1-2-8-19-16-25-23(15-18(19)7-1)21-10-4-6-12-26(21)30-27-17-29-14-13-22(27)20-9-3-5-11-24(20)28(25)30/h4*1-17H. The van der Waals surface area contributed by atoms with E-state index in [1.54, 1.807) is 0 Å². The van der Waals surface area contributed by atoms with E-state index in [1.807, 2.05) is 49.3 Å². The number of pyridine rings is 4. The predicted molar refractivity (Wildman–Crippen MR) is 505 cm³/mol. The molecule has 16 aromatic carbocycles. The number of nitrogens with zero attached hydrogens (tertiary/aromatic N) is 8. The van der Waals surface area contributed by atoms with Gasteiger partial charge in [0.2, 0.25) is 0 Å². The van der Waals surface area contributed by atoms with E-state index in [0.717, 1.165) is 11.5 Å². The fourth-order valence-corrected chi connectivity index (χ4v) is 21.0. The molecule has 28 rings (SSSR count). The maximum atomic E-state index is 4.86. The summed E-state index contributed by atoms with van der Waals surface area (Å²) in [5.41, 5.74) is 39.5. The van der Waals surface area contributed by atoms with Crippen LogP contribution < -0.4 is 62.9 Å². The Morgan fingerprint density at radius 3 is 0.908 bits per heavy atom. The van der Waals surface area contributed by atoms with Crippen molar-refractivity contribution in [3.63, 3.8) is 0 Å². The first-order valence-electron chi connectivity index (χ1n) is 41.4. The molecule has 0 spiro atoms. The highest BCUT2D eigenvalue weighted by Gasteiger charge is 2.48. The molecule has 0 amide bonds. The third kappa shape index (κ3) is 10.3. The highest BCUT2D eigenvalue weighted by Crippen LogP contribution is 2.51. The quantitative estimate of drug-likeness (QED) is 0.139. The number of aromatic nitrogens is 4. The van der Waals surface area contributed by atoms with Crippen LogP contribution in [0, 0.1) is 0 Å². The number of hydrogen-bond acceptors (Lipinski definition) is 8. The summed E-state index contributed by atoms with van der Waals surface area (Å²) in [6.07, 6.45) is 11.6. The number of anilines is 8. The van der Waals surface area contributed by atoms with Gasteiger partial charge in [-0.05, 0) is 216 Å². The summed E-state index contributed by atoms with van der Waals surface area (Å²) in [7, 11) is 0. The van der Waals surface area contributed by atoms with E-state index in [0.29, 0.717) is 0 Å². The average molecular weight is 1520 g/mol. The van der Waals surface area contributed by atoms with Crippen molar-refractivity contribution in [1.29, 1.82) is 0 Å². The molecule has 0 saturated heterocycles. The molecule has 0 atom stereocenters. The van der Waals surface area contributed by atoms with Crippen molar-refractivity contribution in [1.82, 2.24) is 19.9 Å². The van der Waals surface area contributed by atoms with Crippen molar-refractivity contribution in [3.05, 3.63) is 413 Å². The van der Waals surface area contributed by atoms with Crippen LogP contribution in [0.1, 0.15) is 0 Å². The van der Waals surface area contributed by atoms with Crippen LogP contribution in [0.2, 0.25) is 0 Å². The first kappa shape index (κ1) is 67.9. The molecule has 0 bridgehead atoms. The van der Waals surface area contributed by atoms with Crippen LogP contribution >= 0.6 is 0 Å². The van der Waals surface area contributed by atoms with Crippen LogP contribution in [0.25, 0.3) is 132 Å². The molecule has 552 valence electrons. The summed E-state index contributed by atoms with van der Waals surface area (Å²) in [4.78, 5) is 28.5. The van der Waals surface area contributed by atoms with E-state index < -0.39 is 0 Å². The van der Waals surface area contributed by atoms with E-state index in [2.05, 4.69) is 393 Å². The number of benzene rings is 16. The smallest absolute Gasteiger partial charge is 0.330 e. The third-order valence-corrected chi connectivity index (χ3v) is 26.0. The molecule has 12 heteroatoms. The first-order valence-corrected chi connectivity index (χ1v) is 41.4. The van der Waals surface area contributed by atoms with Crippen LogP contribution in [0.3, 0.4) is 0 Å². The zero-order chi connectivity index (χ0) is 78.6. The molecular weight excluding hydrogens is 1450 g/mol. The molecule has 0 saturated carbocycles. The van der Waals surface area contributed by atoms with E-state index >= 15 is 0 Å². The van der Waals surface area contributed by atoms with Gasteiger partial charge in [-0.2, -0.15) is 0 Å². The van der Waals surface area contributed by atoms with Gasteiger partial charge in [0, 0.05) is 105 Å². The molecule has 8 aliphatic heterocycles. The average Bonchev–Trinajstić information content (AvgIpc) is 0.722. The summed E-state index contributed by atoms with van der Waals surface area (Å²) < 4.78 is 0. The maximum Gasteiger partial charge on any atom is 0.330 e. The monoisotopic (exact) mass is 1520 g/mol. The maximum absolute atomic E-state index is 4.86. The second-order valence-corrected chi connectivity index (χ2v) is 32.2. The molecule has 0 radical (unpaired) electrons. The van der Waals surface area contributed by atoms with Gasteiger partial charge in [0.15, 0.2) is 0 Å². The number of hydrogen-bond donors (Lipinski definition) is 0. The van der Waals surface area contributed by atoms with Crippen molar-refractivity contribution in [2.24, 2.45) is 0 Å². The van der Waals surface area contributed by atoms with Crippen LogP contribution in [0.15, 0.2) is 413 Å². The summed E-state index contributed by atoms with van der Waals surface area (Å²) >= 11 is 0. The van der Waals surface area contributed by atoms with Gasteiger partial charge in [-0.25, -0.2) is 4.98 Å². The molecule has 0 unspecified atom stereocenters. The molecule has 20 aromatic rings. The Morgan fingerprint density at radius 2 is 0.450 bits per heavy atom. The lowest BCUT2D eigenvalue weighted by Gasteiger charge is -2.43. The Kier molecular flexibility index (Phi) is 15.3. The van der Waals surface area contributed by atoms with E-state index in [-0.39, 0.29) is 27.4 Å². The largest absolute Gasteiger partial charge is 0.376 e. The molecular formula is C108H68B4N8. The lowest BCUT2D eigenvalue weighted by atomic mass is 9.43. The summed E-state index contributed by atoms with van der Waals surface area (Å²) in [5.74, 6) is 1.03. The fraction of sp³-hybridized carbons (Fsp3) is 0. The fourth-order valence-electron chi connectivity index (χ4n) is 21.0. The molecule has 8 nitrogen and oxygen atoms in total. The highest BCUT2D eigenvalue weighted by atomic mass is 15.2. The van der Waals surface area contributed by atoms with Crippen LogP contribution in [0.5, 0.6) is 0 Å². The molecule has 0 aliphatic carbocycles. The molecule has 12 heterocycles. The van der Waals surface area contributed by atoms with Gasteiger partial charge >= 0.3 is 27.4 Å². The number of rotatable bonds is 0. The van der Waals surface area contributed by atoms with E-state index in [4.69, 9.17) is 9.97 Å². The minimum atomic E-state index is 0.109. The predicted octanol–water partition coefficient (Wildman–Crippen LogP) is 20.6. The molecule has 8 aliphatic rings. The van der Waals surface area contributed by atoms with Gasteiger partial charge < -0.3 is 19.2 Å². The molecule has 120 heavy (non-hydrogen) atoms. The highest BCUT2D eigenvalue weighted by molar-refractivity contribution is 6.95. The van der Waals surface area contributed by atoms with Crippen molar-refractivity contribution < 1.29 is 0 Å². The van der Waals surface area contributed by atoms with Gasteiger partial charge in [0.05, 0.1) is 17.1 Å². The third-order valence-electron chi connectivity index (χ3n) is 26.0. The number of fused-ring (bicyclic) bond motifs is 48. The van der Waals surface area contributed by atoms with Crippen LogP contribution in [0.4, 0.5) is 45.6 Å². The van der Waals surface area contributed by atoms with Gasteiger partial charge in [-0.1, -0.05) is 291 Å². The van der Waals surface area contributed by atoms with Gasteiger partial charge in [0.25, 0.3) is 0 Å². The van der Waals surface area contributed by atoms with Gasteiger partial charge in [-0.3, -0.25) is 15.0 Å². The Morgan fingerprint density at radius 1 is 0.167 bits per heavy atom. The number of para-hydroxylation sites is 4.